The molecular formula is C24H27F3N6O2. The Bertz CT molecular complexity index is 1060. The minimum atomic E-state index is -4.74. The van der Waals surface area contributed by atoms with E-state index in [1.54, 1.807) is 17.0 Å². The van der Waals surface area contributed by atoms with Crippen molar-refractivity contribution < 1.29 is 22.7 Å². The summed E-state index contributed by atoms with van der Waals surface area (Å²) in [6, 6.07) is 9.92. The van der Waals surface area contributed by atoms with E-state index < -0.39 is 18.0 Å². The highest BCUT2D eigenvalue weighted by Crippen LogP contribution is 2.33. The molecule has 3 heterocycles. The number of hydrogen-bond acceptors (Lipinski definition) is 7. The molecule has 0 saturated carbocycles. The maximum Gasteiger partial charge on any atom is 0.451 e. The van der Waals surface area contributed by atoms with Crippen LogP contribution in [0.5, 0.6) is 5.88 Å². The third-order valence-electron chi connectivity index (χ3n) is 6.16. The molecule has 1 unspecified atom stereocenters. The average molecular weight is 489 g/mol. The summed E-state index contributed by atoms with van der Waals surface area (Å²) in [6.07, 6.45) is -1.86. The first-order valence-electron chi connectivity index (χ1n) is 11.7. The second-order valence-electron chi connectivity index (χ2n) is 8.65. The molecule has 2 fully saturated rings. The van der Waals surface area contributed by atoms with Crippen LogP contribution in [0.4, 0.5) is 19.0 Å². The number of nitrogens with one attached hydrogen (secondary N) is 2. The van der Waals surface area contributed by atoms with Crippen molar-refractivity contribution in [3.05, 3.63) is 47.3 Å². The largest absolute Gasteiger partial charge is 0.474 e. The zero-order chi connectivity index (χ0) is 24.8. The van der Waals surface area contributed by atoms with Crippen molar-refractivity contribution >= 4 is 11.7 Å². The van der Waals surface area contributed by atoms with Gasteiger partial charge in [-0.1, -0.05) is 12.1 Å². The fourth-order valence-corrected chi connectivity index (χ4v) is 4.34. The first kappa shape index (κ1) is 24.7. The van der Waals surface area contributed by atoms with E-state index in [2.05, 4.69) is 26.7 Å². The van der Waals surface area contributed by atoms with Gasteiger partial charge in [0.2, 0.25) is 17.6 Å². The van der Waals surface area contributed by atoms with Gasteiger partial charge in [-0.25, -0.2) is 4.98 Å². The standard InChI is InChI=1S/C24H27F3N6O2/c25-24(26,27)23-31-20(14-21(32-23)35-18-8-10-29-11-9-18)33-13-1-2-19(33)22(34)30-12-7-16-3-5-17(15-28)6-4-16/h3-6,14,18-19,29H,1-2,7-13H2,(H,30,34). The molecule has 2 saturated heterocycles. The number of alkyl halides is 3. The Labute approximate surface area is 201 Å². The second kappa shape index (κ2) is 10.9. The molecule has 2 aliphatic heterocycles. The number of piperidine rings is 1. The highest BCUT2D eigenvalue weighted by atomic mass is 19.4. The van der Waals surface area contributed by atoms with Crippen LogP contribution in [0.2, 0.25) is 0 Å². The zero-order valence-corrected chi connectivity index (χ0v) is 19.1. The van der Waals surface area contributed by atoms with Crippen LogP contribution in [0, 0.1) is 11.3 Å². The molecule has 4 rings (SSSR count). The van der Waals surface area contributed by atoms with Crippen molar-refractivity contribution in [3.8, 4) is 11.9 Å². The van der Waals surface area contributed by atoms with Gasteiger partial charge in [0.25, 0.3) is 0 Å². The van der Waals surface area contributed by atoms with Crippen molar-refractivity contribution in [3.63, 3.8) is 0 Å². The smallest absolute Gasteiger partial charge is 0.451 e. The SMILES string of the molecule is N#Cc1ccc(CCNC(=O)C2CCCN2c2cc(OC3CCNCC3)nc(C(F)(F)F)n2)cc1. The Morgan fingerprint density at radius 1 is 1.20 bits per heavy atom. The third kappa shape index (κ3) is 6.39. The molecule has 1 aromatic heterocycles. The number of carbonyl (C=O) groups is 1. The molecule has 0 bridgehead atoms. The van der Waals surface area contributed by atoms with Gasteiger partial charge in [-0.3, -0.25) is 4.79 Å². The van der Waals surface area contributed by atoms with Gasteiger partial charge in [0, 0.05) is 19.2 Å². The van der Waals surface area contributed by atoms with Gasteiger partial charge in [-0.05, 0) is 62.9 Å². The van der Waals surface area contributed by atoms with Crippen molar-refractivity contribution in [2.45, 2.75) is 50.4 Å². The number of aromatic nitrogens is 2. The molecule has 1 aromatic carbocycles. The quantitative estimate of drug-likeness (QED) is 0.618. The average Bonchev–Trinajstić information content (AvgIpc) is 3.35. The molecule has 0 aliphatic carbocycles. The van der Waals surface area contributed by atoms with Crippen molar-refractivity contribution in [2.75, 3.05) is 31.1 Å². The summed E-state index contributed by atoms with van der Waals surface area (Å²) in [5, 5.41) is 14.9. The van der Waals surface area contributed by atoms with E-state index in [1.165, 1.54) is 6.07 Å². The van der Waals surface area contributed by atoms with Gasteiger partial charge in [-0.2, -0.15) is 23.4 Å². The zero-order valence-electron chi connectivity index (χ0n) is 19.1. The van der Waals surface area contributed by atoms with E-state index in [0.717, 1.165) is 18.7 Å². The van der Waals surface area contributed by atoms with Crippen LogP contribution in [0.25, 0.3) is 0 Å². The minimum absolute atomic E-state index is 0.0426. The summed E-state index contributed by atoms with van der Waals surface area (Å²) >= 11 is 0. The summed E-state index contributed by atoms with van der Waals surface area (Å²) in [7, 11) is 0. The summed E-state index contributed by atoms with van der Waals surface area (Å²) in [5.74, 6) is -1.61. The fraction of sp³-hybridized carbons (Fsp3) is 0.500. The van der Waals surface area contributed by atoms with Gasteiger partial charge in [0.1, 0.15) is 18.0 Å². The maximum atomic E-state index is 13.5. The number of benzene rings is 1. The van der Waals surface area contributed by atoms with Crippen molar-refractivity contribution in [1.82, 2.24) is 20.6 Å². The maximum absolute atomic E-state index is 13.5. The van der Waals surface area contributed by atoms with Gasteiger partial charge in [0.15, 0.2) is 0 Å². The topological polar surface area (TPSA) is 103 Å². The lowest BCUT2D eigenvalue weighted by molar-refractivity contribution is -0.145. The van der Waals surface area contributed by atoms with Gasteiger partial charge in [0.05, 0.1) is 11.6 Å². The van der Waals surface area contributed by atoms with Crippen LogP contribution < -0.4 is 20.3 Å². The Kier molecular flexibility index (Phi) is 7.70. The highest BCUT2D eigenvalue weighted by Gasteiger charge is 2.38. The minimum Gasteiger partial charge on any atom is -0.474 e. The normalized spacial score (nSPS) is 18.8. The van der Waals surface area contributed by atoms with E-state index in [0.29, 0.717) is 50.8 Å². The van der Waals surface area contributed by atoms with Crippen molar-refractivity contribution in [1.29, 1.82) is 5.26 Å². The van der Waals surface area contributed by atoms with E-state index in [1.807, 2.05) is 12.1 Å². The Balaban J connectivity index is 1.45. The van der Waals surface area contributed by atoms with Gasteiger partial charge >= 0.3 is 6.18 Å². The lowest BCUT2D eigenvalue weighted by Gasteiger charge is -2.27. The van der Waals surface area contributed by atoms with Crippen LogP contribution in [-0.4, -0.2) is 54.2 Å². The van der Waals surface area contributed by atoms with E-state index in [-0.39, 0.29) is 23.7 Å². The molecule has 35 heavy (non-hydrogen) atoms. The lowest BCUT2D eigenvalue weighted by Crippen LogP contribution is -2.44. The lowest BCUT2D eigenvalue weighted by atomic mass is 10.1. The number of ether oxygens (including phenoxy) is 1. The summed E-state index contributed by atoms with van der Waals surface area (Å²) in [4.78, 5) is 21.9. The molecule has 2 aliphatic rings. The van der Waals surface area contributed by atoms with Crippen LogP contribution >= 0.6 is 0 Å². The number of amides is 1. The summed E-state index contributed by atoms with van der Waals surface area (Å²) in [5.41, 5.74) is 1.53. The number of rotatable bonds is 7. The highest BCUT2D eigenvalue weighted by molar-refractivity contribution is 5.85. The number of carbonyl (C=O) groups excluding carboxylic acids is 1. The molecule has 8 nitrogen and oxygen atoms in total. The third-order valence-corrected chi connectivity index (χ3v) is 6.16. The van der Waals surface area contributed by atoms with Crippen molar-refractivity contribution in [2.24, 2.45) is 0 Å². The number of nitrogens with zero attached hydrogens (tertiary/aromatic N) is 4. The van der Waals surface area contributed by atoms with Crippen LogP contribution in [0.1, 0.15) is 42.6 Å². The van der Waals surface area contributed by atoms with E-state index >= 15 is 0 Å². The number of hydrogen-bond donors (Lipinski definition) is 2. The molecule has 0 spiro atoms. The predicted molar refractivity (Wildman–Crippen MR) is 122 cm³/mol. The molecule has 11 heteroatoms. The molecule has 1 atom stereocenters. The van der Waals surface area contributed by atoms with Gasteiger partial charge < -0.3 is 20.3 Å². The Morgan fingerprint density at radius 3 is 2.63 bits per heavy atom. The first-order chi connectivity index (χ1) is 16.8. The summed E-state index contributed by atoms with van der Waals surface area (Å²) < 4.78 is 46.4. The van der Waals surface area contributed by atoms with Gasteiger partial charge in [-0.15, -0.1) is 0 Å². The number of anilines is 1. The van der Waals surface area contributed by atoms with Crippen LogP contribution in [0.15, 0.2) is 30.3 Å². The number of nitriles is 1. The second-order valence-corrected chi connectivity index (χ2v) is 8.65. The van der Waals surface area contributed by atoms with Crippen LogP contribution in [-0.2, 0) is 17.4 Å². The molecule has 186 valence electrons. The molecular weight excluding hydrogens is 461 g/mol. The monoisotopic (exact) mass is 488 g/mol. The molecule has 2 N–H and O–H groups in total. The Morgan fingerprint density at radius 2 is 1.94 bits per heavy atom. The molecule has 0 radical (unpaired) electrons. The summed E-state index contributed by atoms with van der Waals surface area (Å²) in [6.45, 7) is 2.24. The van der Waals surface area contributed by atoms with E-state index in [9.17, 15) is 18.0 Å². The molecule has 1 amide bonds. The fourth-order valence-electron chi connectivity index (χ4n) is 4.34. The predicted octanol–water partition coefficient (Wildman–Crippen LogP) is 2.83. The first-order valence-corrected chi connectivity index (χ1v) is 11.7. The Hall–Kier alpha value is -3.39. The number of halogens is 3. The molecule has 2 aromatic rings. The van der Waals surface area contributed by atoms with E-state index in [4.69, 9.17) is 10.00 Å². The van der Waals surface area contributed by atoms with Crippen LogP contribution in [0.3, 0.4) is 0 Å².